The maximum atomic E-state index is 11.9. The van der Waals surface area contributed by atoms with Crippen molar-refractivity contribution in [3.8, 4) is 0 Å². The molecular formula is C14H19ClN2O3. The Balaban J connectivity index is 0.00000200. The first-order valence-electron chi connectivity index (χ1n) is 6.46. The van der Waals surface area contributed by atoms with E-state index in [0.29, 0.717) is 25.9 Å². The van der Waals surface area contributed by atoms with Crippen molar-refractivity contribution < 1.29 is 14.7 Å². The molecule has 1 amide bonds. The van der Waals surface area contributed by atoms with Gasteiger partial charge in [-0.05, 0) is 24.0 Å². The number of hydrogen-bond donors (Lipinski definition) is 3. The van der Waals surface area contributed by atoms with Crippen LogP contribution in [0.4, 0.5) is 0 Å². The van der Waals surface area contributed by atoms with Crippen LogP contribution in [0.5, 0.6) is 0 Å². The van der Waals surface area contributed by atoms with Crippen LogP contribution in [0, 0.1) is 0 Å². The minimum Gasteiger partial charge on any atom is -0.481 e. The third-order valence-corrected chi connectivity index (χ3v) is 3.26. The van der Waals surface area contributed by atoms with Crippen LogP contribution in [0.2, 0.25) is 0 Å². The Morgan fingerprint density at radius 3 is 2.70 bits per heavy atom. The fourth-order valence-electron chi connectivity index (χ4n) is 2.21. The molecule has 1 aliphatic rings. The maximum Gasteiger partial charge on any atom is 0.303 e. The van der Waals surface area contributed by atoms with Gasteiger partial charge in [0.2, 0.25) is 5.91 Å². The third-order valence-electron chi connectivity index (χ3n) is 3.26. The number of benzene rings is 1. The van der Waals surface area contributed by atoms with Crippen molar-refractivity contribution in [3.63, 3.8) is 0 Å². The zero-order valence-electron chi connectivity index (χ0n) is 11.1. The van der Waals surface area contributed by atoms with Gasteiger partial charge in [-0.3, -0.25) is 9.59 Å². The molecule has 1 aromatic carbocycles. The normalized spacial score (nSPS) is 16.7. The van der Waals surface area contributed by atoms with Crippen molar-refractivity contribution in [2.45, 2.75) is 31.8 Å². The molecule has 0 saturated carbocycles. The molecule has 1 aliphatic heterocycles. The summed E-state index contributed by atoms with van der Waals surface area (Å²) in [5.74, 6) is -0.890. The van der Waals surface area contributed by atoms with E-state index < -0.39 is 5.97 Å². The smallest absolute Gasteiger partial charge is 0.303 e. The molecule has 0 radical (unpaired) electrons. The molecule has 0 fully saturated rings. The van der Waals surface area contributed by atoms with Crippen LogP contribution in [-0.4, -0.2) is 29.6 Å². The van der Waals surface area contributed by atoms with Crippen LogP contribution in [0.3, 0.4) is 0 Å². The lowest BCUT2D eigenvalue weighted by molar-refractivity contribution is -0.137. The Kier molecular flexibility index (Phi) is 6.48. The number of aliphatic carboxylic acids is 1. The zero-order valence-corrected chi connectivity index (χ0v) is 11.9. The van der Waals surface area contributed by atoms with Gasteiger partial charge in [0.05, 0.1) is 6.04 Å². The van der Waals surface area contributed by atoms with E-state index in [0.717, 1.165) is 0 Å². The summed E-state index contributed by atoms with van der Waals surface area (Å²) in [5, 5.41) is 14.5. The largest absolute Gasteiger partial charge is 0.481 e. The predicted octanol–water partition coefficient (Wildman–Crippen LogP) is 1.10. The molecule has 3 N–H and O–H groups in total. The van der Waals surface area contributed by atoms with Gasteiger partial charge in [-0.25, -0.2) is 0 Å². The summed E-state index contributed by atoms with van der Waals surface area (Å²) in [5.41, 5.74) is 2.43. The lowest BCUT2D eigenvalue weighted by atomic mass is 9.95. The van der Waals surface area contributed by atoms with Crippen molar-refractivity contribution in [1.29, 1.82) is 0 Å². The maximum absolute atomic E-state index is 11.9. The average Bonchev–Trinajstić information content (AvgIpc) is 2.42. The number of carboxylic acid groups (broad SMARTS) is 1. The summed E-state index contributed by atoms with van der Waals surface area (Å²) in [6, 6.07) is 7.85. The van der Waals surface area contributed by atoms with Gasteiger partial charge in [0.1, 0.15) is 0 Å². The topological polar surface area (TPSA) is 78.4 Å². The van der Waals surface area contributed by atoms with Gasteiger partial charge in [-0.1, -0.05) is 24.3 Å². The minimum absolute atomic E-state index is 0. The van der Waals surface area contributed by atoms with Gasteiger partial charge in [-0.2, -0.15) is 0 Å². The predicted molar refractivity (Wildman–Crippen MR) is 77.9 cm³/mol. The second kappa shape index (κ2) is 7.87. The van der Waals surface area contributed by atoms with Gasteiger partial charge in [0, 0.05) is 19.5 Å². The minimum atomic E-state index is -0.834. The van der Waals surface area contributed by atoms with Gasteiger partial charge in [0.15, 0.2) is 0 Å². The van der Waals surface area contributed by atoms with E-state index in [1.165, 1.54) is 11.1 Å². The van der Waals surface area contributed by atoms with Crippen molar-refractivity contribution in [2.24, 2.45) is 0 Å². The number of carbonyl (C=O) groups is 2. The van der Waals surface area contributed by atoms with Crippen molar-refractivity contribution in [2.75, 3.05) is 6.54 Å². The molecule has 1 atom stereocenters. The van der Waals surface area contributed by atoms with Gasteiger partial charge < -0.3 is 15.7 Å². The van der Waals surface area contributed by atoms with Crippen molar-refractivity contribution in [3.05, 3.63) is 35.4 Å². The lowest BCUT2D eigenvalue weighted by Crippen LogP contribution is -2.47. The lowest BCUT2D eigenvalue weighted by Gasteiger charge is -2.25. The molecule has 110 valence electrons. The number of carboxylic acids is 1. The number of rotatable bonds is 5. The van der Waals surface area contributed by atoms with Crippen LogP contribution in [0.1, 0.15) is 24.0 Å². The second-order valence-electron chi connectivity index (χ2n) is 4.69. The van der Waals surface area contributed by atoms with E-state index >= 15 is 0 Å². The SMILES string of the molecule is Cl.O=C(O)CCCNC(=O)[C@@H]1Cc2ccccc2CN1. The molecule has 0 spiro atoms. The molecule has 0 bridgehead atoms. The quantitative estimate of drug-likeness (QED) is 0.712. The molecule has 2 rings (SSSR count). The number of fused-ring (bicyclic) bond motifs is 1. The van der Waals surface area contributed by atoms with Gasteiger partial charge >= 0.3 is 5.97 Å². The summed E-state index contributed by atoms with van der Waals surface area (Å²) >= 11 is 0. The molecule has 20 heavy (non-hydrogen) atoms. The highest BCUT2D eigenvalue weighted by Gasteiger charge is 2.23. The fraction of sp³-hybridized carbons (Fsp3) is 0.429. The van der Waals surface area contributed by atoms with Gasteiger partial charge in [-0.15, -0.1) is 12.4 Å². The van der Waals surface area contributed by atoms with Gasteiger partial charge in [0.25, 0.3) is 0 Å². The molecule has 1 heterocycles. The number of halogens is 1. The summed E-state index contributed by atoms with van der Waals surface area (Å²) < 4.78 is 0. The van der Waals surface area contributed by atoms with E-state index in [2.05, 4.69) is 16.7 Å². The molecular weight excluding hydrogens is 280 g/mol. The fourth-order valence-corrected chi connectivity index (χ4v) is 2.21. The first kappa shape index (κ1) is 16.5. The van der Waals surface area contributed by atoms with Crippen LogP contribution in [0.15, 0.2) is 24.3 Å². The molecule has 6 heteroatoms. The van der Waals surface area contributed by atoms with Crippen LogP contribution >= 0.6 is 12.4 Å². The Morgan fingerprint density at radius 1 is 1.30 bits per heavy atom. The monoisotopic (exact) mass is 298 g/mol. The standard InChI is InChI=1S/C14H18N2O3.ClH/c17-13(18)6-3-7-15-14(19)12-8-10-4-1-2-5-11(10)9-16-12;/h1-2,4-5,12,16H,3,6-9H2,(H,15,19)(H,17,18);1H/t12-;/m0./s1. The molecule has 1 aromatic rings. The second-order valence-corrected chi connectivity index (χ2v) is 4.69. The van der Waals surface area contributed by atoms with E-state index in [4.69, 9.17) is 5.11 Å². The summed E-state index contributed by atoms with van der Waals surface area (Å²) in [7, 11) is 0. The Morgan fingerprint density at radius 2 is 2.00 bits per heavy atom. The van der Waals surface area contributed by atoms with E-state index in [1.54, 1.807) is 0 Å². The highest BCUT2D eigenvalue weighted by atomic mass is 35.5. The molecule has 0 unspecified atom stereocenters. The molecule has 0 aromatic heterocycles. The highest BCUT2D eigenvalue weighted by Crippen LogP contribution is 2.16. The highest BCUT2D eigenvalue weighted by molar-refractivity contribution is 5.85. The number of amides is 1. The summed E-state index contributed by atoms with van der Waals surface area (Å²) in [6.07, 6.45) is 1.23. The number of hydrogen-bond acceptors (Lipinski definition) is 3. The summed E-state index contributed by atoms with van der Waals surface area (Å²) in [4.78, 5) is 22.3. The first-order valence-corrected chi connectivity index (χ1v) is 6.46. The Labute approximate surface area is 124 Å². The zero-order chi connectivity index (χ0) is 13.7. The average molecular weight is 299 g/mol. The van der Waals surface area contributed by atoms with Crippen molar-refractivity contribution in [1.82, 2.24) is 10.6 Å². The van der Waals surface area contributed by atoms with Crippen LogP contribution < -0.4 is 10.6 Å². The van der Waals surface area contributed by atoms with Crippen molar-refractivity contribution >= 4 is 24.3 Å². The Hall–Kier alpha value is -1.59. The number of nitrogens with one attached hydrogen (secondary N) is 2. The van der Waals surface area contributed by atoms with E-state index in [1.807, 2.05) is 18.2 Å². The van der Waals surface area contributed by atoms with Crippen LogP contribution in [0.25, 0.3) is 0 Å². The third kappa shape index (κ3) is 4.51. The first-order chi connectivity index (χ1) is 9.16. The molecule has 0 saturated heterocycles. The summed E-state index contributed by atoms with van der Waals surface area (Å²) in [6.45, 7) is 1.11. The van der Waals surface area contributed by atoms with Crippen LogP contribution in [-0.2, 0) is 22.6 Å². The molecule has 5 nitrogen and oxygen atoms in total. The Bertz CT molecular complexity index is 479. The number of carbonyl (C=O) groups excluding carboxylic acids is 1. The molecule has 0 aliphatic carbocycles. The van der Waals surface area contributed by atoms with E-state index in [9.17, 15) is 9.59 Å². The van der Waals surface area contributed by atoms with E-state index in [-0.39, 0.29) is 30.8 Å².